The summed E-state index contributed by atoms with van der Waals surface area (Å²) >= 11 is 0. The Morgan fingerprint density at radius 2 is 1.67 bits per heavy atom. The summed E-state index contributed by atoms with van der Waals surface area (Å²) in [5, 5.41) is 9.90. The second kappa shape index (κ2) is 7.22. The van der Waals surface area contributed by atoms with Crippen LogP contribution in [0.25, 0.3) is 0 Å². The molecule has 3 fully saturated rings. The Labute approximate surface area is 140 Å². The molecule has 0 bridgehead atoms. The second-order valence-electron chi connectivity index (χ2n) is 5.91. The van der Waals surface area contributed by atoms with E-state index in [0.717, 1.165) is 0 Å². The van der Waals surface area contributed by atoms with Gasteiger partial charge in [0.25, 0.3) is 0 Å². The second-order valence-corrected chi connectivity index (χ2v) is 5.91. The number of hydrogen-bond donors (Lipinski definition) is 1. The Bertz CT molecular complexity index is 507. The molecule has 0 atom stereocenters. The van der Waals surface area contributed by atoms with Crippen molar-refractivity contribution in [3.05, 3.63) is 0 Å². The lowest BCUT2D eigenvalue weighted by molar-refractivity contribution is -0.128. The number of carbonyl (C=O) groups excluding carboxylic acids is 3. The van der Waals surface area contributed by atoms with Crippen LogP contribution < -0.4 is 5.32 Å². The highest BCUT2D eigenvalue weighted by Gasteiger charge is 2.38. The van der Waals surface area contributed by atoms with Crippen LogP contribution in [0.5, 0.6) is 0 Å². The maximum atomic E-state index is 12.7. The molecule has 0 radical (unpaired) electrons. The molecule has 1 N–H and O–H groups in total. The smallest absolute Gasteiger partial charge is 0.409 e. The van der Waals surface area contributed by atoms with E-state index in [0.29, 0.717) is 59.0 Å². The molecule has 24 heavy (non-hydrogen) atoms. The highest BCUT2D eigenvalue weighted by atomic mass is 16.6. The molecule has 3 heterocycles. The Morgan fingerprint density at radius 1 is 1.00 bits per heavy atom. The molecule has 3 saturated heterocycles. The highest BCUT2D eigenvalue weighted by Crippen LogP contribution is 2.17. The first kappa shape index (κ1) is 16.8. The fraction of sp³-hybridized carbons (Fsp3) is 0.786. The third-order valence-electron chi connectivity index (χ3n) is 4.45. The van der Waals surface area contributed by atoms with Gasteiger partial charge in [-0.1, -0.05) is 0 Å². The first-order chi connectivity index (χ1) is 11.6. The molecule has 0 aromatic rings. The van der Waals surface area contributed by atoms with Crippen LogP contribution in [0.1, 0.15) is 6.92 Å². The van der Waals surface area contributed by atoms with Crippen LogP contribution >= 0.6 is 0 Å². The van der Waals surface area contributed by atoms with Crippen LogP contribution in [0.3, 0.4) is 0 Å². The van der Waals surface area contributed by atoms with Crippen molar-refractivity contribution in [2.24, 2.45) is 0 Å². The summed E-state index contributed by atoms with van der Waals surface area (Å²) in [6.45, 7) is 7.00. The van der Waals surface area contributed by atoms with Crippen molar-refractivity contribution in [3.8, 4) is 0 Å². The number of hydrazine groups is 2. The topological polar surface area (TPSA) is 88.7 Å². The number of piperazine rings is 2. The molecule has 4 amide bonds. The summed E-state index contributed by atoms with van der Waals surface area (Å²) in [5.74, 6) is -0.0597. The Hall–Kier alpha value is -2.07. The van der Waals surface area contributed by atoms with Crippen molar-refractivity contribution in [1.82, 2.24) is 30.3 Å². The van der Waals surface area contributed by atoms with Crippen LogP contribution in [0, 0.1) is 0 Å². The predicted octanol–water partition coefficient (Wildman–Crippen LogP) is -1.24. The quantitative estimate of drug-likeness (QED) is 0.691. The van der Waals surface area contributed by atoms with Gasteiger partial charge < -0.3 is 15.0 Å². The Kier molecular flexibility index (Phi) is 5.05. The van der Waals surface area contributed by atoms with Crippen molar-refractivity contribution in [2.45, 2.75) is 6.92 Å². The van der Waals surface area contributed by atoms with Crippen molar-refractivity contribution >= 4 is 18.0 Å². The van der Waals surface area contributed by atoms with Gasteiger partial charge >= 0.3 is 12.1 Å². The third kappa shape index (κ3) is 3.39. The first-order valence-electron chi connectivity index (χ1n) is 8.37. The monoisotopic (exact) mass is 340 g/mol. The maximum absolute atomic E-state index is 12.7. The van der Waals surface area contributed by atoms with E-state index < -0.39 is 0 Å². The molecule has 10 nitrogen and oxygen atoms in total. The van der Waals surface area contributed by atoms with E-state index in [-0.39, 0.29) is 24.6 Å². The molecule has 0 unspecified atom stereocenters. The van der Waals surface area contributed by atoms with E-state index in [9.17, 15) is 14.4 Å². The summed E-state index contributed by atoms with van der Waals surface area (Å²) in [6, 6.07) is -0.103. The lowest BCUT2D eigenvalue weighted by atomic mass is 10.4. The number of urea groups is 1. The fourth-order valence-corrected chi connectivity index (χ4v) is 3.20. The van der Waals surface area contributed by atoms with Gasteiger partial charge in [-0.3, -0.25) is 14.8 Å². The number of ether oxygens (including phenoxy) is 1. The Balaban J connectivity index is 1.53. The zero-order valence-corrected chi connectivity index (χ0v) is 13.9. The van der Waals surface area contributed by atoms with Gasteiger partial charge in [0.05, 0.1) is 26.2 Å². The molecule has 3 aliphatic rings. The number of rotatable bonds is 3. The average molecular weight is 340 g/mol. The molecule has 0 aromatic carbocycles. The van der Waals surface area contributed by atoms with Crippen LogP contribution in [-0.4, -0.2) is 108 Å². The van der Waals surface area contributed by atoms with E-state index >= 15 is 0 Å². The molecule has 134 valence electrons. The lowest BCUT2D eigenvalue weighted by Gasteiger charge is -2.39. The van der Waals surface area contributed by atoms with E-state index in [1.54, 1.807) is 26.9 Å². The standard InChI is InChI=1S/C14H24N6O4/c1-2-24-14(23)16-5-7-17(8-6-16)19-9-10-20(13(19)22)18-4-3-15-12(21)11-18/h2-11H2,1H3,(H,15,21). The summed E-state index contributed by atoms with van der Waals surface area (Å²) in [6.07, 6.45) is -0.300. The predicted molar refractivity (Wildman–Crippen MR) is 83.6 cm³/mol. The van der Waals surface area contributed by atoms with Crippen LogP contribution in [0.15, 0.2) is 0 Å². The van der Waals surface area contributed by atoms with Crippen LogP contribution in [0.4, 0.5) is 9.59 Å². The molecule has 3 aliphatic heterocycles. The third-order valence-corrected chi connectivity index (χ3v) is 4.45. The number of nitrogens with one attached hydrogen (secondary N) is 1. The maximum Gasteiger partial charge on any atom is 0.409 e. The van der Waals surface area contributed by atoms with Crippen molar-refractivity contribution in [1.29, 1.82) is 0 Å². The fourth-order valence-electron chi connectivity index (χ4n) is 3.20. The molecule has 0 saturated carbocycles. The minimum absolute atomic E-state index is 0.0597. The molecular formula is C14H24N6O4. The minimum atomic E-state index is -0.300. The van der Waals surface area contributed by atoms with Gasteiger partial charge in [0.2, 0.25) is 5.91 Å². The van der Waals surface area contributed by atoms with Crippen molar-refractivity contribution in [2.75, 3.05) is 65.5 Å². The molecular weight excluding hydrogens is 316 g/mol. The number of amides is 4. The van der Waals surface area contributed by atoms with Gasteiger partial charge in [-0.05, 0) is 6.92 Å². The first-order valence-corrected chi connectivity index (χ1v) is 8.37. The van der Waals surface area contributed by atoms with E-state index in [2.05, 4.69) is 5.32 Å². The van der Waals surface area contributed by atoms with E-state index in [1.807, 2.05) is 5.01 Å². The van der Waals surface area contributed by atoms with Crippen LogP contribution in [-0.2, 0) is 9.53 Å². The van der Waals surface area contributed by atoms with Gasteiger partial charge in [0.15, 0.2) is 0 Å². The van der Waals surface area contributed by atoms with Gasteiger partial charge in [-0.2, -0.15) is 0 Å². The Morgan fingerprint density at radius 3 is 2.29 bits per heavy atom. The molecule has 0 aromatic heterocycles. The summed E-state index contributed by atoms with van der Waals surface area (Å²) in [5.41, 5.74) is 0. The van der Waals surface area contributed by atoms with E-state index in [1.165, 1.54) is 0 Å². The van der Waals surface area contributed by atoms with E-state index in [4.69, 9.17) is 4.74 Å². The van der Waals surface area contributed by atoms with Gasteiger partial charge in [0.1, 0.15) is 0 Å². The molecule has 0 spiro atoms. The number of hydrogen-bond acceptors (Lipinski definition) is 6. The van der Waals surface area contributed by atoms with Crippen molar-refractivity contribution < 1.29 is 19.1 Å². The summed E-state index contributed by atoms with van der Waals surface area (Å²) < 4.78 is 5.00. The van der Waals surface area contributed by atoms with Crippen LogP contribution in [0.2, 0.25) is 0 Å². The zero-order chi connectivity index (χ0) is 17.1. The van der Waals surface area contributed by atoms with Gasteiger partial charge in [0, 0.05) is 39.3 Å². The molecule has 0 aliphatic carbocycles. The summed E-state index contributed by atoms with van der Waals surface area (Å²) in [4.78, 5) is 37.6. The average Bonchev–Trinajstić information content (AvgIpc) is 2.97. The SMILES string of the molecule is CCOC(=O)N1CCN(N2CCN(N3CCNC(=O)C3)C2=O)CC1. The largest absolute Gasteiger partial charge is 0.450 e. The lowest BCUT2D eigenvalue weighted by Crippen LogP contribution is -2.59. The zero-order valence-electron chi connectivity index (χ0n) is 13.9. The highest BCUT2D eigenvalue weighted by molar-refractivity contribution is 5.80. The molecule has 10 heteroatoms. The van der Waals surface area contributed by atoms with Gasteiger partial charge in [-0.25, -0.2) is 19.6 Å². The summed E-state index contributed by atoms with van der Waals surface area (Å²) in [7, 11) is 0. The van der Waals surface area contributed by atoms with Crippen molar-refractivity contribution in [3.63, 3.8) is 0 Å². The van der Waals surface area contributed by atoms with Gasteiger partial charge in [-0.15, -0.1) is 0 Å². The minimum Gasteiger partial charge on any atom is -0.450 e. The normalized spacial score (nSPS) is 23.6. The number of nitrogens with zero attached hydrogens (tertiary/aromatic N) is 5. The molecule has 3 rings (SSSR count). The number of carbonyl (C=O) groups is 3.